The summed E-state index contributed by atoms with van der Waals surface area (Å²) in [6.45, 7) is 0. The van der Waals surface area contributed by atoms with Gasteiger partial charge in [0.2, 0.25) is 0 Å². The lowest BCUT2D eigenvalue weighted by atomic mass is 9.94. The first-order valence-electron chi connectivity index (χ1n) is 10.1. The van der Waals surface area contributed by atoms with Gasteiger partial charge in [-0.1, -0.05) is 19.3 Å². The number of rotatable bonds is 4. The van der Waals surface area contributed by atoms with Crippen LogP contribution in [0.5, 0.6) is 0 Å². The van der Waals surface area contributed by atoms with Crippen molar-refractivity contribution in [3.8, 4) is 11.3 Å². The first-order valence-corrected chi connectivity index (χ1v) is 10.1. The van der Waals surface area contributed by atoms with E-state index >= 15 is 0 Å². The number of benzene rings is 2. The third-order valence-corrected chi connectivity index (χ3v) is 5.47. The van der Waals surface area contributed by atoms with Crippen LogP contribution in [0.2, 0.25) is 0 Å². The smallest absolute Gasteiger partial charge is 0.335 e. The number of fused-ring (bicyclic) bond motifs is 1. The fourth-order valence-corrected chi connectivity index (χ4v) is 3.87. The van der Waals surface area contributed by atoms with Crippen LogP contribution in [0.4, 0.5) is 10.2 Å². The molecule has 7 heteroatoms. The van der Waals surface area contributed by atoms with Gasteiger partial charge in [-0.25, -0.2) is 19.2 Å². The molecule has 0 atom stereocenters. The van der Waals surface area contributed by atoms with E-state index in [0.29, 0.717) is 28.6 Å². The Morgan fingerprint density at radius 3 is 2.33 bits per heavy atom. The number of carboxylic acid groups (broad SMARTS) is 1. The highest BCUT2D eigenvalue weighted by atomic mass is 19.1. The molecule has 0 unspecified atom stereocenters. The lowest BCUT2D eigenvalue weighted by Gasteiger charge is -2.33. The topological polar surface area (TPSA) is 92.3 Å². The zero-order valence-corrected chi connectivity index (χ0v) is 17.3. The molecular weight excluding hydrogens is 383 g/mol. The zero-order chi connectivity index (χ0) is 21.7. The number of aromatic nitrogens is 2. The monoisotopic (exact) mass is 410 g/mol. The maximum atomic E-state index is 13.4. The van der Waals surface area contributed by atoms with Gasteiger partial charge in [-0.05, 0) is 62.4 Å². The molecular formula is C23H27FN4O2. The normalized spacial score (nSPS) is 14.1. The van der Waals surface area contributed by atoms with Crippen LogP contribution in [0.15, 0.2) is 42.5 Å². The highest BCUT2D eigenvalue weighted by molar-refractivity contribution is 5.93. The average Bonchev–Trinajstić information content (AvgIpc) is 2.79. The van der Waals surface area contributed by atoms with Gasteiger partial charge in [0, 0.05) is 18.7 Å². The largest absolute Gasteiger partial charge is 0.478 e. The van der Waals surface area contributed by atoms with Crippen molar-refractivity contribution < 1.29 is 14.3 Å². The molecule has 4 rings (SSSR count). The standard InChI is InChI=1S/C22H22FN3O2.CH5N/c1-26(17-5-3-2-4-6-17)21-20(14-7-10-16(23)11-8-14)24-18-12-9-15(22(27)28)13-19(18)25-21;1-2/h7-13,17H,2-6H2,1H3,(H,27,28);2H2,1H3. The van der Waals surface area contributed by atoms with Crippen LogP contribution in [0.3, 0.4) is 0 Å². The molecule has 0 radical (unpaired) electrons. The van der Waals surface area contributed by atoms with Crippen molar-refractivity contribution in [3.63, 3.8) is 0 Å². The number of nitrogens with zero attached hydrogens (tertiary/aromatic N) is 3. The van der Waals surface area contributed by atoms with E-state index < -0.39 is 5.97 Å². The van der Waals surface area contributed by atoms with Gasteiger partial charge < -0.3 is 15.7 Å². The van der Waals surface area contributed by atoms with Gasteiger partial charge in [-0.3, -0.25) is 0 Å². The SMILES string of the molecule is CN.CN(c1nc2cc(C(=O)O)ccc2nc1-c1ccc(F)cc1)C1CCCCC1. The molecule has 1 aromatic heterocycles. The van der Waals surface area contributed by atoms with E-state index in [-0.39, 0.29) is 11.4 Å². The number of nitrogens with two attached hydrogens (primary N) is 1. The van der Waals surface area contributed by atoms with Crippen LogP contribution >= 0.6 is 0 Å². The van der Waals surface area contributed by atoms with Gasteiger partial charge in [0.05, 0.1) is 16.6 Å². The number of halogens is 1. The fraction of sp³-hybridized carbons (Fsp3) is 0.348. The van der Waals surface area contributed by atoms with E-state index in [0.717, 1.165) is 18.4 Å². The number of hydrogen-bond acceptors (Lipinski definition) is 5. The molecule has 3 N–H and O–H groups in total. The number of carboxylic acids is 1. The lowest BCUT2D eigenvalue weighted by molar-refractivity contribution is 0.0697. The molecule has 1 heterocycles. The van der Waals surface area contributed by atoms with Gasteiger partial charge in [0.15, 0.2) is 5.82 Å². The van der Waals surface area contributed by atoms with E-state index in [4.69, 9.17) is 9.97 Å². The van der Waals surface area contributed by atoms with Gasteiger partial charge in [0.1, 0.15) is 11.5 Å². The summed E-state index contributed by atoms with van der Waals surface area (Å²) in [5.41, 5.74) is 7.32. The lowest BCUT2D eigenvalue weighted by Crippen LogP contribution is -2.34. The first kappa shape index (κ1) is 21.6. The summed E-state index contributed by atoms with van der Waals surface area (Å²) < 4.78 is 13.4. The van der Waals surface area contributed by atoms with Crippen molar-refractivity contribution in [1.82, 2.24) is 9.97 Å². The van der Waals surface area contributed by atoms with Crippen LogP contribution in [0.1, 0.15) is 42.5 Å². The second kappa shape index (κ2) is 9.63. The van der Waals surface area contributed by atoms with E-state index in [2.05, 4.69) is 10.6 Å². The first-order chi connectivity index (χ1) is 14.5. The predicted octanol–water partition coefficient (Wildman–Crippen LogP) is 4.48. The highest BCUT2D eigenvalue weighted by Crippen LogP contribution is 2.33. The summed E-state index contributed by atoms with van der Waals surface area (Å²) >= 11 is 0. The number of carbonyl (C=O) groups is 1. The molecule has 1 aliphatic rings. The molecule has 3 aromatic rings. The Morgan fingerprint density at radius 2 is 1.70 bits per heavy atom. The average molecular weight is 410 g/mol. The molecule has 0 saturated heterocycles. The summed E-state index contributed by atoms with van der Waals surface area (Å²) in [5, 5.41) is 9.29. The Labute approximate surface area is 175 Å². The second-order valence-corrected chi connectivity index (χ2v) is 7.31. The Hall–Kier alpha value is -3.06. The van der Waals surface area contributed by atoms with Crippen molar-refractivity contribution in [1.29, 1.82) is 0 Å². The molecule has 0 bridgehead atoms. The molecule has 1 fully saturated rings. The van der Waals surface area contributed by atoms with Crippen LogP contribution in [-0.4, -0.2) is 41.2 Å². The Morgan fingerprint density at radius 1 is 1.03 bits per heavy atom. The van der Waals surface area contributed by atoms with Crippen LogP contribution in [-0.2, 0) is 0 Å². The van der Waals surface area contributed by atoms with Crippen molar-refractivity contribution in [2.24, 2.45) is 5.73 Å². The Kier molecular flexibility index (Phi) is 6.95. The van der Waals surface area contributed by atoms with Crippen LogP contribution < -0.4 is 10.6 Å². The summed E-state index contributed by atoms with van der Waals surface area (Å²) in [7, 11) is 3.51. The summed E-state index contributed by atoms with van der Waals surface area (Å²) in [6.07, 6.45) is 5.80. The minimum absolute atomic E-state index is 0.183. The van der Waals surface area contributed by atoms with Crippen LogP contribution in [0.25, 0.3) is 22.3 Å². The molecule has 1 aliphatic carbocycles. The molecule has 0 aliphatic heterocycles. The maximum absolute atomic E-state index is 13.4. The van der Waals surface area contributed by atoms with Crippen molar-refractivity contribution in [3.05, 3.63) is 53.8 Å². The zero-order valence-electron chi connectivity index (χ0n) is 17.3. The van der Waals surface area contributed by atoms with E-state index in [1.54, 1.807) is 24.3 Å². The minimum atomic E-state index is -0.992. The predicted molar refractivity (Wildman–Crippen MR) is 117 cm³/mol. The van der Waals surface area contributed by atoms with Crippen molar-refractivity contribution >= 4 is 22.8 Å². The molecule has 30 heavy (non-hydrogen) atoms. The summed E-state index contributed by atoms with van der Waals surface area (Å²) in [5.74, 6) is -0.590. The van der Waals surface area contributed by atoms with Gasteiger partial charge in [-0.2, -0.15) is 0 Å². The van der Waals surface area contributed by atoms with E-state index in [1.807, 2.05) is 7.05 Å². The molecule has 6 nitrogen and oxygen atoms in total. The molecule has 158 valence electrons. The van der Waals surface area contributed by atoms with Gasteiger partial charge >= 0.3 is 5.97 Å². The molecule has 1 saturated carbocycles. The maximum Gasteiger partial charge on any atom is 0.335 e. The van der Waals surface area contributed by atoms with E-state index in [9.17, 15) is 14.3 Å². The summed E-state index contributed by atoms with van der Waals surface area (Å²) in [4.78, 5) is 23.1. The quantitative estimate of drug-likeness (QED) is 0.659. The van der Waals surface area contributed by atoms with Gasteiger partial charge in [-0.15, -0.1) is 0 Å². The van der Waals surface area contributed by atoms with E-state index in [1.165, 1.54) is 44.5 Å². The van der Waals surface area contributed by atoms with Crippen molar-refractivity contribution in [2.45, 2.75) is 38.1 Å². The Balaban J connectivity index is 0.00000124. The molecule has 0 spiro atoms. The minimum Gasteiger partial charge on any atom is -0.478 e. The third-order valence-electron chi connectivity index (χ3n) is 5.47. The van der Waals surface area contributed by atoms with Crippen molar-refractivity contribution in [2.75, 3.05) is 19.0 Å². The second-order valence-electron chi connectivity index (χ2n) is 7.31. The fourth-order valence-electron chi connectivity index (χ4n) is 3.87. The summed E-state index contributed by atoms with van der Waals surface area (Å²) in [6, 6.07) is 11.4. The Bertz CT molecular complexity index is 1020. The number of hydrogen-bond donors (Lipinski definition) is 2. The highest BCUT2D eigenvalue weighted by Gasteiger charge is 2.23. The van der Waals surface area contributed by atoms with Gasteiger partial charge in [0.25, 0.3) is 0 Å². The number of anilines is 1. The van der Waals surface area contributed by atoms with Crippen LogP contribution in [0, 0.1) is 5.82 Å². The number of aromatic carboxylic acids is 1. The molecule has 2 aromatic carbocycles. The molecule has 0 amide bonds. The third kappa shape index (κ3) is 4.57.